The largest absolute Gasteiger partial charge is 0.508 e. The predicted octanol–water partition coefficient (Wildman–Crippen LogP) is 1.41. The first kappa shape index (κ1) is 9.98. The van der Waals surface area contributed by atoms with Crippen LogP contribution >= 0.6 is 0 Å². The van der Waals surface area contributed by atoms with E-state index in [1.807, 2.05) is 6.92 Å². The second-order valence-corrected chi connectivity index (χ2v) is 3.68. The smallest absolute Gasteiger partial charge is 0.243 e. The van der Waals surface area contributed by atoms with Crippen molar-refractivity contribution in [2.75, 3.05) is 5.01 Å². The van der Waals surface area contributed by atoms with Crippen molar-refractivity contribution in [2.24, 2.45) is 0 Å². The van der Waals surface area contributed by atoms with E-state index >= 15 is 0 Å². The van der Waals surface area contributed by atoms with Crippen molar-refractivity contribution < 1.29 is 9.90 Å². The van der Waals surface area contributed by atoms with Crippen LogP contribution < -0.4 is 10.4 Å². The molecular weight excluding hydrogens is 192 g/mol. The zero-order chi connectivity index (χ0) is 10.8. The lowest BCUT2D eigenvalue weighted by atomic mass is 10.2. The number of phenols is 1. The maximum Gasteiger partial charge on any atom is 0.243 e. The third kappa shape index (κ3) is 1.94. The molecule has 0 saturated carbocycles. The Labute approximate surface area is 88.5 Å². The Bertz CT molecular complexity index is 361. The van der Waals surface area contributed by atoms with Gasteiger partial charge in [0.1, 0.15) is 5.75 Å². The molecule has 1 saturated heterocycles. The van der Waals surface area contributed by atoms with Crippen LogP contribution in [-0.4, -0.2) is 17.1 Å². The zero-order valence-electron chi connectivity index (χ0n) is 8.60. The average molecular weight is 206 g/mol. The number of nitrogens with zero attached hydrogens (tertiary/aromatic N) is 1. The number of amides is 1. The minimum Gasteiger partial charge on any atom is -0.508 e. The summed E-state index contributed by atoms with van der Waals surface area (Å²) in [4.78, 5) is 11.6. The van der Waals surface area contributed by atoms with Gasteiger partial charge in [-0.2, -0.15) is 0 Å². The lowest BCUT2D eigenvalue weighted by Crippen LogP contribution is -2.37. The average Bonchev–Trinajstić information content (AvgIpc) is 2.61. The van der Waals surface area contributed by atoms with E-state index in [-0.39, 0.29) is 17.7 Å². The minimum atomic E-state index is 0.0764. The number of hydrogen-bond donors (Lipinski definition) is 2. The molecule has 2 rings (SSSR count). The van der Waals surface area contributed by atoms with Gasteiger partial charge in [0, 0.05) is 12.5 Å². The van der Waals surface area contributed by atoms with Crippen molar-refractivity contribution in [3.05, 3.63) is 24.3 Å². The molecular formula is C11H14N2O2. The second kappa shape index (κ2) is 3.90. The van der Waals surface area contributed by atoms with Gasteiger partial charge in [-0.15, -0.1) is 0 Å². The molecule has 1 aliphatic heterocycles. The lowest BCUT2D eigenvalue weighted by Gasteiger charge is -2.17. The van der Waals surface area contributed by atoms with Gasteiger partial charge in [-0.1, -0.05) is 6.92 Å². The molecule has 1 unspecified atom stereocenters. The number of hydrogen-bond acceptors (Lipinski definition) is 3. The van der Waals surface area contributed by atoms with E-state index in [9.17, 15) is 4.79 Å². The van der Waals surface area contributed by atoms with Gasteiger partial charge in [-0.05, 0) is 30.7 Å². The molecule has 1 aromatic rings. The summed E-state index contributed by atoms with van der Waals surface area (Å²) in [6, 6.07) is 6.82. The maximum atomic E-state index is 11.6. The van der Waals surface area contributed by atoms with Crippen molar-refractivity contribution >= 4 is 11.6 Å². The highest BCUT2D eigenvalue weighted by Crippen LogP contribution is 2.22. The van der Waals surface area contributed by atoms with Gasteiger partial charge in [-0.3, -0.25) is 4.79 Å². The normalized spacial score (nSPS) is 21.0. The van der Waals surface area contributed by atoms with E-state index in [4.69, 9.17) is 5.11 Å². The molecule has 0 aromatic heterocycles. The van der Waals surface area contributed by atoms with E-state index < -0.39 is 0 Å². The Hall–Kier alpha value is -1.55. The third-order valence-corrected chi connectivity index (χ3v) is 2.58. The van der Waals surface area contributed by atoms with Crippen LogP contribution in [0.15, 0.2) is 24.3 Å². The van der Waals surface area contributed by atoms with Crippen LogP contribution in [0.5, 0.6) is 5.75 Å². The summed E-state index contributed by atoms with van der Waals surface area (Å²) >= 11 is 0. The minimum absolute atomic E-state index is 0.0764. The molecule has 1 heterocycles. The lowest BCUT2D eigenvalue weighted by molar-refractivity contribution is -0.117. The molecule has 0 bridgehead atoms. The summed E-state index contributed by atoms with van der Waals surface area (Å²) < 4.78 is 0. The number of nitrogens with one attached hydrogen (secondary N) is 1. The molecule has 1 atom stereocenters. The molecule has 1 aromatic carbocycles. The summed E-state index contributed by atoms with van der Waals surface area (Å²) in [5.41, 5.74) is 3.90. The van der Waals surface area contributed by atoms with Gasteiger partial charge in [0.15, 0.2) is 0 Å². The molecule has 4 heteroatoms. The van der Waals surface area contributed by atoms with Crippen molar-refractivity contribution in [2.45, 2.75) is 25.8 Å². The zero-order valence-corrected chi connectivity index (χ0v) is 8.60. The van der Waals surface area contributed by atoms with Crippen molar-refractivity contribution in [1.82, 2.24) is 5.43 Å². The number of phenolic OH excluding ortho intramolecular Hbond substituents is 1. The van der Waals surface area contributed by atoms with Crippen LogP contribution in [0.2, 0.25) is 0 Å². The van der Waals surface area contributed by atoms with Crippen molar-refractivity contribution in [3.8, 4) is 5.75 Å². The molecule has 80 valence electrons. The Kier molecular flexibility index (Phi) is 2.60. The summed E-state index contributed by atoms with van der Waals surface area (Å²) in [6.45, 7) is 2.05. The number of rotatable bonds is 2. The summed E-state index contributed by atoms with van der Waals surface area (Å²) in [7, 11) is 0. The first-order valence-corrected chi connectivity index (χ1v) is 5.09. The third-order valence-electron chi connectivity index (χ3n) is 2.58. The SMILES string of the molecule is CCC1CC(=O)N(c2ccc(O)cc2)N1. The highest BCUT2D eigenvalue weighted by Gasteiger charge is 2.28. The Morgan fingerprint density at radius 1 is 1.47 bits per heavy atom. The molecule has 0 spiro atoms. The molecule has 1 aliphatic rings. The number of carbonyl (C=O) groups is 1. The Balaban J connectivity index is 2.18. The monoisotopic (exact) mass is 206 g/mol. The van der Waals surface area contributed by atoms with E-state index in [1.165, 1.54) is 0 Å². The van der Waals surface area contributed by atoms with Gasteiger partial charge in [0.05, 0.1) is 5.69 Å². The second-order valence-electron chi connectivity index (χ2n) is 3.68. The highest BCUT2D eigenvalue weighted by molar-refractivity contribution is 5.94. The fraction of sp³-hybridized carbons (Fsp3) is 0.364. The van der Waals surface area contributed by atoms with Crippen LogP contribution in [0.25, 0.3) is 0 Å². The Morgan fingerprint density at radius 3 is 2.67 bits per heavy atom. The molecule has 1 amide bonds. The number of carbonyl (C=O) groups excluding carboxylic acids is 1. The van der Waals surface area contributed by atoms with Gasteiger partial charge >= 0.3 is 0 Å². The van der Waals surface area contributed by atoms with Crippen molar-refractivity contribution in [3.63, 3.8) is 0 Å². The molecule has 15 heavy (non-hydrogen) atoms. The van der Waals surface area contributed by atoms with E-state index in [1.54, 1.807) is 29.3 Å². The molecule has 2 N–H and O–H groups in total. The summed E-state index contributed by atoms with van der Waals surface area (Å²) in [6.07, 6.45) is 1.47. The van der Waals surface area contributed by atoms with Gasteiger partial charge in [-0.25, -0.2) is 10.4 Å². The number of benzene rings is 1. The molecule has 1 fully saturated rings. The molecule has 4 nitrogen and oxygen atoms in total. The highest BCUT2D eigenvalue weighted by atomic mass is 16.3. The van der Waals surface area contributed by atoms with Crippen LogP contribution in [-0.2, 0) is 4.79 Å². The topological polar surface area (TPSA) is 52.6 Å². The molecule has 0 radical (unpaired) electrons. The van der Waals surface area contributed by atoms with E-state index in [0.717, 1.165) is 12.1 Å². The van der Waals surface area contributed by atoms with Crippen LogP contribution in [0.4, 0.5) is 5.69 Å². The van der Waals surface area contributed by atoms with Gasteiger partial charge in [0.25, 0.3) is 0 Å². The summed E-state index contributed by atoms with van der Waals surface area (Å²) in [5, 5.41) is 10.7. The fourth-order valence-electron chi connectivity index (χ4n) is 1.66. The molecule has 0 aliphatic carbocycles. The quantitative estimate of drug-likeness (QED) is 0.769. The van der Waals surface area contributed by atoms with Gasteiger partial charge in [0.2, 0.25) is 5.91 Å². The summed E-state index contributed by atoms with van der Waals surface area (Å²) in [5.74, 6) is 0.282. The first-order valence-electron chi connectivity index (χ1n) is 5.09. The fourth-order valence-corrected chi connectivity index (χ4v) is 1.66. The predicted molar refractivity (Wildman–Crippen MR) is 57.4 cm³/mol. The van der Waals surface area contributed by atoms with E-state index in [0.29, 0.717) is 6.42 Å². The van der Waals surface area contributed by atoms with Crippen LogP contribution in [0.3, 0.4) is 0 Å². The standard InChI is InChI=1S/C11H14N2O2/c1-2-8-7-11(15)13(12-8)9-3-5-10(14)6-4-9/h3-6,8,12,14H,2,7H2,1H3. The number of aromatic hydroxyl groups is 1. The van der Waals surface area contributed by atoms with Gasteiger partial charge < -0.3 is 5.11 Å². The van der Waals surface area contributed by atoms with Crippen LogP contribution in [0.1, 0.15) is 19.8 Å². The number of hydrazine groups is 1. The maximum absolute atomic E-state index is 11.6. The number of anilines is 1. The van der Waals surface area contributed by atoms with Crippen LogP contribution in [0, 0.1) is 0 Å². The Morgan fingerprint density at radius 2 is 2.13 bits per heavy atom. The van der Waals surface area contributed by atoms with Crippen molar-refractivity contribution in [1.29, 1.82) is 0 Å². The first-order chi connectivity index (χ1) is 7.20. The van der Waals surface area contributed by atoms with E-state index in [2.05, 4.69) is 5.43 Å².